The topological polar surface area (TPSA) is 51.8 Å². The van der Waals surface area contributed by atoms with E-state index in [2.05, 4.69) is 27.3 Å². The van der Waals surface area contributed by atoms with Crippen molar-refractivity contribution in [1.82, 2.24) is 15.2 Å². The van der Waals surface area contributed by atoms with Gasteiger partial charge < -0.3 is 4.42 Å². The molecule has 0 aliphatic heterocycles. The zero-order valence-electron chi connectivity index (χ0n) is 15.6. The van der Waals surface area contributed by atoms with Crippen LogP contribution in [0.4, 0.5) is 0 Å². The van der Waals surface area contributed by atoms with Crippen LogP contribution in [-0.2, 0) is 11.2 Å². The van der Waals surface area contributed by atoms with Gasteiger partial charge in [-0.05, 0) is 68.4 Å². The summed E-state index contributed by atoms with van der Waals surface area (Å²) >= 11 is 7.95. The van der Waals surface area contributed by atoms with Crippen LogP contribution in [0.25, 0.3) is 10.9 Å². The summed E-state index contributed by atoms with van der Waals surface area (Å²) in [7, 11) is 0. The zero-order chi connectivity index (χ0) is 18.7. The fraction of sp³-hybridized carbons (Fsp3) is 0.500. The molecule has 4 aliphatic rings. The summed E-state index contributed by atoms with van der Waals surface area (Å²) in [6.45, 7) is 0. The van der Waals surface area contributed by atoms with Crippen LogP contribution in [0.1, 0.15) is 50.0 Å². The molecule has 28 heavy (non-hydrogen) atoms. The Morgan fingerprint density at radius 2 is 1.75 bits per heavy atom. The molecule has 2 aromatic heterocycles. The average Bonchev–Trinajstić information content (AvgIpc) is 3.15. The van der Waals surface area contributed by atoms with Crippen LogP contribution < -0.4 is 0 Å². The number of fused-ring (bicyclic) bond motifs is 1. The number of thioether (sulfide) groups is 1. The first kappa shape index (κ1) is 17.3. The summed E-state index contributed by atoms with van der Waals surface area (Å²) in [5, 5.41) is 11.2. The second-order valence-electron chi connectivity index (χ2n) is 8.99. The molecule has 4 bridgehead atoms. The molecule has 144 valence electrons. The zero-order valence-corrected chi connectivity index (χ0v) is 17.2. The Bertz CT molecular complexity index is 1010. The highest BCUT2D eigenvalue weighted by Crippen LogP contribution is 2.60. The Morgan fingerprint density at radius 3 is 2.50 bits per heavy atom. The maximum atomic E-state index is 6.39. The van der Waals surface area contributed by atoms with Gasteiger partial charge in [-0.15, -0.1) is 10.2 Å². The van der Waals surface area contributed by atoms with Crippen molar-refractivity contribution >= 4 is 34.3 Å². The first-order chi connectivity index (χ1) is 13.7. The van der Waals surface area contributed by atoms with Crippen molar-refractivity contribution in [2.75, 3.05) is 0 Å². The van der Waals surface area contributed by atoms with E-state index in [0.717, 1.165) is 40.1 Å². The van der Waals surface area contributed by atoms with E-state index in [-0.39, 0.29) is 5.41 Å². The van der Waals surface area contributed by atoms with Gasteiger partial charge in [0, 0.05) is 22.1 Å². The Balaban J connectivity index is 1.22. The Morgan fingerprint density at radius 1 is 1.04 bits per heavy atom. The maximum absolute atomic E-state index is 6.39. The van der Waals surface area contributed by atoms with E-state index in [1.54, 1.807) is 11.8 Å². The molecule has 0 unspecified atom stereocenters. The third-order valence-electron chi connectivity index (χ3n) is 7.00. The van der Waals surface area contributed by atoms with E-state index in [0.29, 0.717) is 16.1 Å². The van der Waals surface area contributed by atoms with E-state index in [1.165, 1.54) is 38.5 Å². The molecule has 0 atom stereocenters. The maximum Gasteiger partial charge on any atom is 0.276 e. The Labute approximate surface area is 173 Å². The Kier molecular flexibility index (Phi) is 3.99. The predicted octanol–water partition coefficient (Wildman–Crippen LogP) is 6.03. The molecule has 4 aliphatic carbocycles. The van der Waals surface area contributed by atoms with Crippen molar-refractivity contribution in [3.05, 3.63) is 46.9 Å². The van der Waals surface area contributed by atoms with E-state index in [9.17, 15) is 0 Å². The van der Waals surface area contributed by atoms with Crippen LogP contribution in [0.15, 0.2) is 40.0 Å². The number of nitrogens with zero attached hydrogens (tertiary/aromatic N) is 3. The largest absolute Gasteiger partial charge is 0.415 e. The normalized spacial score (nSPS) is 31.0. The van der Waals surface area contributed by atoms with E-state index in [1.807, 2.05) is 18.2 Å². The molecule has 7 rings (SSSR count). The van der Waals surface area contributed by atoms with Gasteiger partial charge in [0.1, 0.15) is 5.15 Å². The summed E-state index contributed by atoms with van der Waals surface area (Å²) in [4.78, 5) is 4.51. The minimum atomic E-state index is 0.155. The van der Waals surface area contributed by atoms with Crippen LogP contribution in [-0.4, -0.2) is 15.2 Å². The summed E-state index contributed by atoms with van der Waals surface area (Å²) in [5.41, 5.74) is 2.07. The number of aromatic nitrogens is 3. The highest BCUT2D eigenvalue weighted by molar-refractivity contribution is 7.98. The van der Waals surface area contributed by atoms with E-state index in [4.69, 9.17) is 16.0 Å². The van der Waals surface area contributed by atoms with Gasteiger partial charge in [-0.1, -0.05) is 41.6 Å². The summed E-state index contributed by atoms with van der Waals surface area (Å²) in [6.07, 6.45) is 7.98. The smallest absolute Gasteiger partial charge is 0.276 e. The average molecular weight is 412 g/mol. The number of pyridine rings is 1. The van der Waals surface area contributed by atoms with E-state index >= 15 is 0 Å². The van der Waals surface area contributed by atoms with Gasteiger partial charge in [0.25, 0.3) is 5.22 Å². The minimum Gasteiger partial charge on any atom is -0.415 e. The van der Waals surface area contributed by atoms with Gasteiger partial charge in [-0.3, -0.25) is 0 Å². The minimum absolute atomic E-state index is 0.155. The van der Waals surface area contributed by atoms with Crippen molar-refractivity contribution < 1.29 is 4.42 Å². The third-order valence-corrected chi connectivity index (χ3v) is 8.19. The van der Waals surface area contributed by atoms with Crippen LogP contribution in [0.5, 0.6) is 0 Å². The SMILES string of the molecule is Clc1nc2ccccc2cc1CSc1nnc(C23CC4CC(CC(C4)C2)C3)o1. The molecule has 1 aromatic carbocycles. The number of benzene rings is 1. The van der Waals surface area contributed by atoms with Gasteiger partial charge >= 0.3 is 0 Å². The van der Waals surface area contributed by atoms with Crippen molar-refractivity contribution in [3.63, 3.8) is 0 Å². The number of hydrogen-bond donors (Lipinski definition) is 0. The van der Waals surface area contributed by atoms with Crippen molar-refractivity contribution in [2.45, 2.75) is 54.9 Å². The lowest BCUT2D eigenvalue weighted by atomic mass is 9.49. The highest BCUT2D eigenvalue weighted by atomic mass is 35.5. The van der Waals surface area contributed by atoms with Gasteiger partial charge in [-0.2, -0.15) is 0 Å². The molecule has 2 heterocycles. The lowest BCUT2D eigenvalue weighted by Gasteiger charge is -2.55. The molecule has 4 fully saturated rings. The molecular weight excluding hydrogens is 390 g/mol. The number of rotatable bonds is 4. The molecule has 0 N–H and O–H groups in total. The number of para-hydroxylation sites is 1. The van der Waals surface area contributed by atoms with Crippen LogP contribution >= 0.6 is 23.4 Å². The number of hydrogen-bond acceptors (Lipinski definition) is 5. The summed E-state index contributed by atoms with van der Waals surface area (Å²) < 4.78 is 6.19. The van der Waals surface area contributed by atoms with Crippen molar-refractivity contribution in [2.24, 2.45) is 17.8 Å². The van der Waals surface area contributed by atoms with Gasteiger partial charge in [0.15, 0.2) is 0 Å². The molecule has 4 nitrogen and oxygen atoms in total. The molecule has 3 aromatic rings. The van der Waals surface area contributed by atoms with Crippen LogP contribution in [0.2, 0.25) is 5.15 Å². The van der Waals surface area contributed by atoms with Gasteiger partial charge in [0.2, 0.25) is 5.89 Å². The fourth-order valence-electron chi connectivity index (χ4n) is 6.23. The summed E-state index contributed by atoms with van der Waals surface area (Å²) in [6, 6.07) is 10.1. The molecule has 0 spiro atoms. The molecule has 6 heteroatoms. The van der Waals surface area contributed by atoms with Crippen LogP contribution in [0, 0.1) is 17.8 Å². The second-order valence-corrected chi connectivity index (χ2v) is 10.3. The molecule has 0 saturated heterocycles. The Hall–Kier alpha value is -1.59. The molecule has 0 radical (unpaired) electrons. The van der Waals surface area contributed by atoms with Gasteiger partial charge in [0.05, 0.1) is 5.52 Å². The van der Waals surface area contributed by atoms with Crippen molar-refractivity contribution in [1.29, 1.82) is 0 Å². The molecule has 0 amide bonds. The monoisotopic (exact) mass is 411 g/mol. The standard InChI is InChI=1S/C22H22ClN3OS/c23-19-17(8-16-3-1-2-4-18(16)24-19)12-28-21-26-25-20(27-21)22-9-13-5-14(10-22)7-15(6-13)11-22/h1-4,8,13-15H,5-7,9-12H2. The fourth-order valence-corrected chi connectivity index (χ4v) is 7.26. The highest BCUT2D eigenvalue weighted by Gasteiger charge is 2.54. The van der Waals surface area contributed by atoms with E-state index < -0.39 is 0 Å². The first-order valence-electron chi connectivity index (χ1n) is 10.2. The third kappa shape index (κ3) is 2.86. The first-order valence-corrected chi connectivity index (χ1v) is 11.5. The van der Waals surface area contributed by atoms with Gasteiger partial charge in [-0.25, -0.2) is 4.98 Å². The number of halogens is 1. The van der Waals surface area contributed by atoms with Crippen LogP contribution in [0.3, 0.4) is 0 Å². The lowest BCUT2D eigenvalue weighted by Crippen LogP contribution is -2.48. The quantitative estimate of drug-likeness (QED) is 0.387. The molecular formula is C22H22ClN3OS. The summed E-state index contributed by atoms with van der Waals surface area (Å²) in [5.74, 6) is 4.18. The lowest BCUT2D eigenvalue weighted by molar-refractivity contribution is -0.0191. The second kappa shape index (κ2) is 6.46. The molecule has 4 saturated carbocycles. The predicted molar refractivity (Wildman–Crippen MR) is 110 cm³/mol. The van der Waals surface area contributed by atoms with Crippen molar-refractivity contribution in [3.8, 4) is 0 Å².